The van der Waals surface area contributed by atoms with Gasteiger partial charge in [-0.15, -0.1) is 0 Å². The Morgan fingerprint density at radius 1 is 1.21 bits per heavy atom. The van der Waals surface area contributed by atoms with Gasteiger partial charge in [0.25, 0.3) is 5.91 Å². The minimum Gasteiger partial charge on any atom is -0.493 e. The summed E-state index contributed by atoms with van der Waals surface area (Å²) in [4.78, 5) is 12.3. The third-order valence-corrected chi connectivity index (χ3v) is 3.57. The fraction of sp³-hybridized carbons (Fsp3) is 0.222. The molecule has 5 nitrogen and oxygen atoms in total. The lowest BCUT2D eigenvalue weighted by Crippen LogP contribution is -2.27. The van der Waals surface area contributed by atoms with Crippen molar-refractivity contribution < 1.29 is 18.7 Å². The summed E-state index contributed by atoms with van der Waals surface area (Å²) < 4.78 is 24.5. The van der Waals surface area contributed by atoms with Crippen LogP contribution in [0.2, 0.25) is 0 Å². The Balaban J connectivity index is 2.24. The summed E-state index contributed by atoms with van der Waals surface area (Å²) in [5.41, 5.74) is 0.992. The molecule has 0 heterocycles. The number of halogens is 1. The first-order valence-electron chi connectivity index (χ1n) is 7.22. The van der Waals surface area contributed by atoms with Crippen LogP contribution in [-0.2, 0) is 0 Å². The summed E-state index contributed by atoms with van der Waals surface area (Å²) in [7, 11) is 2.88. The van der Waals surface area contributed by atoms with Crippen molar-refractivity contribution in [2.24, 2.45) is 0 Å². The lowest BCUT2D eigenvalue weighted by atomic mass is 10.1. The molecule has 0 fully saturated rings. The van der Waals surface area contributed by atoms with Gasteiger partial charge < -0.3 is 14.8 Å². The van der Waals surface area contributed by atoms with Crippen molar-refractivity contribution in [3.8, 4) is 17.6 Å². The average Bonchev–Trinajstić information content (AvgIpc) is 2.61. The van der Waals surface area contributed by atoms with Gasteiger partial charge in [-0.2, -0.15) is 5.26 Å². The van der Waals surface area contributed by atoms with Gasteiger partial charge in [-0.25, -0.2) is 4.39 Å². The monoisotopic (exact) mass is 328 g/mol. The van der Waals surface area contributed by atoms with E-state index in [9.17, 15) is 9.18 Å². The number of nitriles is 1. The number of hydrogen-bond acceptors (Lipinski definition) is 4. The normalized spacial score (nSPS) is 11.3. The molecule has 0 aliphatic heterocycles. The second kappa shape index (κ2) is 7.47. The predicted octanol–water partition coefficient (Wildman–Crippen LogP) is 3.21. The van der Waals surface area contributed by atoms with E-state index in [0.717, 1.165) is 0 Å². The predicted molar refractivity (Wildman–Crippen MR) is 86.5 cm³/mol. The van der Waals surface area contributed by atoms with E-state index in [1.54, 1.807) is 25.1 Å². The molecule has 0 saturated carbocycles. The molecule has 2 aromatic rings. The maximum atomic E-state index is 14.2. The molecule has 124 valence electrons. The van der Waals surface area contributed by atoms with E-state index in [1.807, 2.05) is 6.07 Å². The second-order valence-electron chi connectivity index (χ2n) is 5.12. The first kappa shape index (κ1) is 17.3. The van der Waals surface area contributed by atoms with Crippen molar-refractivity contribution in [3.05, 3.63) is 58.9 Å². The molecule has 0 saturated heterocycles. The lowest BCUT2D eigenvalue weighted by molar-refractivity contribution is 0.0939. The minimum atomic E-state index is -0.594. The zero-order valence-electron chi connectivity index (χ0n) is 13.6. The Bertz CT molecular complexity index is 799. The Kier molecular flexibility index (Phi) is 5.38. The van der Waals surface area contributed by atoms with Crippen molar-refractivity contribution in [2.75, 3.05) is 14.2 Å². The van der Waals surface area contributed by atoms with Gasteiger partial charge in [0.15, 0.2) is 11.5 Å². The van der Waals surface area contributed by atoms with E-state index in [-0.39, 0.29) is 11.3 Å². The maximum Gasteiger partial charge on any atom is 0.251 e. The molecule has 6 heteroatoms. The summed E-state index contributed by atoms with van der Waals surface area (Å²) in [6, 6.07) is 10.4. The number of nitrogens with one attached hydrogen (secondary N) is 1. The third-order valence-electron chi connectivity index (χ3n) is 3.57. The van der Waals surface area contributed by atoms with Gasteiger partial charge in [0.05, 0.1) is 31.9 Å². The number of nitrogens with zero attached hydrogens (tertiary/aromatic N) is 1. The number of benzene rings is 2. The Morgan fingerprint density at radius 3 is 2.50 bits per heavy atom. The van der Waals surface area contributed by atoms with E-state index < -0.39 is 17.8 Å². The highest BCUT2D eigenvalue weighted by Gasteiger charge is 2.18. The van der Waals surface area contributed by atoms with Gasteiger partial charge in [0.2, 0.25) is 0 Å². The number of hydrogen-bond donors (Lipinski definition) is 1. The molecule has 1 N–H and O–H groups in total. The molecule has 2 rings (SSSR count). The van der Waals surface area contributed by atoms with Gasteiger partial charge in [-0.05, 0) is 31.2 Å². The molecule has 0 unspecified atom stereocenters. The molecule has 24 heavy (non-hydrogen) atoms. The van der Waals surface area contributed by atoms with E-state index in [0.29, 0.717) is 16.9 Å². The Hall–Kier alpha value is -3.07. The maximum absolute atomic E-state index is 14.2. The first-order chi connectivity index (χ1) is 11.5. The number of carbonyl (C=O) groups excluding carboxylic acids is 1. The average molecular weight is 328 g/mol. The Morgan fingerprint density at radius 2 is 1.88 bits per heavy atom. The van der Waals surface area contributed by atoms with Crippen molar-refractivity contribution in [1.29, 1.82) is 5.26 Å². The molecule has 1 amide bonds. The van der Waals surface area contributed by atoms with Gasteiger partial charge >= 0.3 is 0 Å². The van der Waals surface area contributed by atoms with Crippen LogP contribution in [0.5, 0.6) is 11.5 Å². The lowest BCUT2D eigenvalue weighted by Gasteiger charge is -2.17. The largest absolute Gasteiger partial charge is 0.493 e. The number of amides is 1. The number of ether oxygens (including phenoxy) is 2. The summed E-state index contributed by atoms with van der Waals surface area (Å²) >= 11 is 0. The van der Waals surface area contributed by atoms with Gasteiger partial charge in [0, 0.05) is 17.2 Å². The first-order valence-corrected chi connectivity index (χ1v) is 7.22. The molecule has 0 bridgehead atoms. The molecular weight excluding hydrogens is 311 g/mol. The zero-order chi connectivity index (χ0) is 17.7. The van der Waals surface area contributed by atoms with Crippen molar-refractivity contribution in [3.63, 3.8) is 0 Å². The topological polar surface area (TPSA) is 71.3 Å². The van der Waals surface area contributed by atoms with Crippen molar-refractivity contribution >= 4 is 5.91 Å². The highest BCUT2D eigenvalue weighted by molar-refractivity contribution is 5.94. The van der Waals surface area contributed by atoms with Crippen LogP contribution < -0.4 is 14.8 Å². The van der Waals surface area contributed by atoms with Crippen molar-refractivity contribution in [1.82, 2.24) is 5.32 Å². The quantitative estimate of drug-likeness (QED) is 0.915. The molecule has 0 aromatic heterocycles. The van der Waals surface area contributed by atoms with Crippen LogP contribution in [0, 0.1) is 17.1 Å². The van der Waals surface area contributed by atoms with E-state index >= 15 is 0 Å². The van der Waals surface area contributed by atoms with Crippen LogP contribution in [0.1, 0.15) is 34.5 Å². The van der Waals surface area contributed by atoms with Crippen LogP contribution >= 0.6 is 0 Å². The van der Waals surface area contributed by atoms with Crippen molar-refractivity contribution in [2.45, 2.75) is 13.0 Å². The Labute approximate surface area is 139 Å². The van der Waals surface area contributed by atoms with Crippen LogP contribution in [-0.4, -0.2) is 20.1 Å². The highest BCUT2D eigenvalue weighted by Crippen LogP contribution is 2.32. The van der Waals surface area contributed by atoms with Gasteiger partial charge in [-0.1, -0.05) is 6.07 Å². The molecule has 0 aliphatic carbocycles. The summed E-state index contributed by atoms with van der Waals surface area (Å²) in [5.74, 6) is -0.250. The van der Waals surface area contributed by atoms with Crippen LogP contribution in [0.4, 0.5) is 4.39 Å². The van der Waals surface area contributed by atoms with E-state index in [1.165, 1.54) is 32.4 Å². The summed E-state index contributed by atoms with van der Waals surface area (Å²) in [5, 5.41) is 11.6. The third kappa shape index (κ3) is 3.63. The van der Waals surface area contributed by atoms with E-state index in [4.69, 9.17) is 14.7 Å². The fourth-order valence-electron chi connectivity index (χ4n) is 2.29. The number of rotatable bonds is 5. The van der Waals surface area contributed by atoms with Crippen LogP contribution in [0.15, 0.2) is 36.4 Å². The standard InChI is InChI=1S/C18H17FN2O3/c1-11(14-8-16(23-2)17(24-3)9-15(14)19)21-18(22)13-6-4-5-12(7-13)10-20/h4-9,11H,1-3H3,(H,21,22)/t11-/m1/s1. The SMILES string of the molecule is COc1cc(F)c([C@@H](C)NC(=O)c2cccc(C#N)c2)cc1OC. The number of methoxy groups -OCH3 is 2. The number of carbonyl (C=O) groups is 1. The summed E-state index contributed by atoms with van der Waals surface area (Å²) in [6.07, 6.45) is 0. The smallest absolute Gasteiger partial charge is 0.251 e. The van der Waals surface area contributed by atoms with Gasteiger partial charge in [-0.3, -0.25) is 4.79 Å². The van der Waals surface area contributed by atoms with Crippen LogP contribution in [0.25, 0.3) is 0 Å². The minimum absolute atomic E-state index is 0.275. The molecular formula is C18H17FN2O3. The second-order valence-corrected chi connectivity index (χ2v) is 5.12. The van der Waals surface area contributed by atoms with Crippen LogP contribution in [0.3, 0.4) is 0 Å². The molecule has 2 aromatic carbocycles. The fourth-order valence-corrected chi connectivity index (χ4v) is 2.29. The highest BCUT2D eigenvalue weighted by atomic mass is 19.1. The molecule has 1 atom stereocenters. The molecule has 0 radical (unpaired) electrons. The molecule has 0 aliphatic rings. The summed E-state index contributed by atoms with van der Waals surface area (Å²) in [6.45, 7) is 1.66. The zero-order valence-corrected chi connectivity index (χ0v) is 13.6. The van der Waals surface area contributed by atoms with E-state index in [2.05, 4.69) is 5.32 Å². The molecule has 0 spiro atoms. The van der Waals surface area contributed by atoms with Gasteiger partial charge in [0.1, 0.15) is 5.82 Å².